The summed E-state index contributed by atoms with van der Waals surface area (Å²) in [7, 11) is -6.41. The third kappa shape index (κ3) is 4.42. The predicted molar refractivity (Wildman–Crippen MR) is 66.9 cm³/mol. The largest absolute Gasteiger partial charge is 0.460 e. The molecule has 0 aromatic heterocycles. The molecule has 143 valence electrons. The maximum absolute atomic E-state index is 13.5. The van der Waals surface area contributed by atoms with E-state index in [9.17, 15) is 43.5 Å². The van der Waals surface area contributed by atoms with Gasteiger partial charge in [0.25, 0.3) is 0 Å². The van der Waals surface area contributed by atoms with E-state index in [1.165, 1.54) is 0 Å². The van der Waals surface area contributed by atoms with Gasteiger partial charge in [-0.1, -0.05) is 0 Å². The first-order chi connectivity index (χ1) is 10.7. The van der Waals surface area contributed by atoms with Gasteiger partial charge in [0.05, 0.1) is 6.10 Å². The smallest absolute Gasteiger partial charge is 0.262 e. The Balaban J connectivity index is 0.00000312. The molecule has 2 bridgehead atoms. The maximum atomic E-state index is 13.5. The van der Waals surface area contributed by atoms with E-state index in [1.807, 2.05) is 0 Å². The second-order valence-electron chi connectivity index (χ2n) is 5.76. The van der Waals surface area contributed by atoms with Crippen molar-refractivity contribution >= 4 is 39.7 Å². The predicted octanol–water partition coefficient (Wildman–Crippen LogP) is 3.20. The Labute approximate surface area is 159 Å². The summed E-state index contributed by atoms with van der Waals surface area (Å²) in [6.45, 7) is 0. The molecular formula is C11H12F8NaO4S. The summed E-state index contributed by atoms with van der Waals surface area (Å²) in [5.41, 5.74) is 0. The Morgan fingerprint density at radius 2 is 1.52 bits per heavy atom. The number of fused-ring (bicyclic) bond motifs is 2. The average molecular weight is 415 g/mol. The molecule has 14 heteroatoms. The van der Waals surface area contributed by atoms with E-state index in [-0.39, 0.29) is 41.9 Å². The molecule has 0 heterocycles. The van der Waals surface area contributed by atoms with E-state index in [2.05, 4.69) is 8.92 Å². The quantitative estimate of drug-likeness (QED) is 0.364. The van der Waals surface area contributed by atoms with Crippen LogP contribution < -0.4 is 0 Å². The molecule has 0 amide bonds. The molecule has 2 saturated carbocycles. The van der Waals surface area contributed by atoms with Crippen molar-refractivity contribution in [2.45, 2.75) is 55.7 Å². The Kier molecular flexibility index (Phi) is 6.89. The van der Waals surface area contributed by atoms with Gasteiger partial charge in [-0.2, -0.15) is 34.8 Å². The molecule has 2 aliphatic carbocycles. The van der Waals surface area contributed by atoms with Crippen LogP contribution in [0.2, 0.25) is 0 Å². The van der Waals surface area contributed by atoms with Crippen LogP contribution in [0.1, 0.15) is 25.7 Å². The third-order valence-electron chi connectivity index (χ3n) is 4.09. The average Bonchev–Trinajstić information content (AvgIpc) is 2.98. The van der Waals surface area contributed by atoms with Crippen molar-refractivity contribution in [3.05, 3.63) is 0 Å². The first-order valence-electron chi connectivity index (χ1n) is 6.74. The van der Waals surface area contributed by atoms with Gasteiger partial charge in [0.2, 0.25) is 0 Å². The number of alkyl halides is 8. The molecule has 2 fully saturated rings. The summed E-state index contributed by atoms with van der Waals surface area (Å²) in [5.74, 6) is -0.429. The first-order valence-corrected chi connectivity index (χ1v) is 8.15. The molecule has 2 aliphatic rings. The molecule has 3 unspecified atom stereocenters. The van der Waals surface area contributed by atoms with Gasteiger partial charge in [0.1, 0.15) is 0 Å². The van der Waals surface area contributed by atoms with Gasteiger partial charge >= 0.3 is 34.0 Å². The minimum atomic E-state index is -6.43. The number of rotatable bonds is 7. The second kappa shape index (κ2) is 7.38. The number of halogens is 8. The fraction of sp³-hybridized carbons (Fsp3) is 1.00. The van der Waals surface area contributed by atoms with Gasteiger partial charge in [0.15, 0.2) is 0 Å². The van der Waals surface area contributed by atoms with Crippen molar-refractivity contribution in [2.24, 2.45) is 11.8 Å². The molecule has 0 aromatic carbocycles. The van der Waals surface area contributed by atoms with Crippen LogP contribution in [0.4, 0.5) is 35.1 Å². The van der Waals surface area contributed by atoms with Crippen molar-refractivity contribution in [1.82, 2.24) is 0 Å². The van der Waals surface area contributed by atoms with Crippen LogP contribution in [-0.4, -0.2) is 68.0 Å². The topological polar surface area (TPSA) is 52.6 Å². The molecule has 2 rings (SSSR count). The summed E-state index contributed by atoms with van der Waals surface area (Å²) in [6, 6.07) is 0. The summed E-state index contributed by atoms with van der Waals surface area (Å²) in [4.78, 5) is 0. The third-order valence-corrected chi connectivity index (χ3v) is 5.46. The van der Waals surface area contributed by atoms with Crippen molar-refractivity contribution in [3.8, 4) is 0 Å². The second-order valence-corrected chi connectivity index (χ2v) is 7.38. The standard InChI is InChI=1S/C11H12F8O4S.Na/c12-8(13)9(14,15)23-10(16,17)11(18,19)24(20,21)22-7-4-5-1-2-6(7)3-5;/h5-8H,1-4H2;. The van der Waals surface area contributed by atoms with Crippen LogP contribution >= 0.6 is 0 Å². The van der Waals surface area contributed by atoms with Crippen molar-refractivity contribution in [1.29, 1.82) is 0 Å². The summed E-state index contributed by atoms with van der Waals surface area (Å²) in [6.07, 6.45) is -16.9. The summed E-state index contributed by atoms with van der Waals surface area (Å²) >= 11 is 0. The number of hydrogen-bond acceptors (Lipinski definition) is 4. The van der Waals surface area contributed by atoms with Crippen molar-refractivity contribution in [3.63, 3.8) is 0 Å². The molecule has 4 nitrogen and oxygen atoms in total. The molecule has 1 radical (unpaired) electrons. The first kappa shape index (κ1) is 23.3. The number of hydrogen-bond donors (Lipinski definition) is 0. The van der Waals surface area contributed by atoms with E-state index in [1.54, 1.807) is 0 Å². The fourth-order valence-electron chi connectivity index (χ4n) is 2.95. The van der Waals surface area contributed by atoms with Gasteiger partial charge in [0, 0.05) is 29.6 Å². The van der Waals surface area contributed by atoms with Gasteiger partial charge in [-0.15, -0.1) is 0 Å². The van der Waals surface area contributed by atoms with E-state index < -0.39 is 46.0 Å². The molecule has 0 aromatic rings. The molecule has 3 atom stereocenters. The zero-order valence-corrected chi connectivity index (χ0v) is 15.5. The molecule has 25 heavy (non-hydrogen) atoms. The molecular weight excluding hydrogens is 403 g/mol. The van der Waals surface area contributed by atoms with Crippen molar-refractivity contribution in [2.75, 3.05) is 0 Å². The Bertz CT molecular complexity index is 585. The Hall–Kier alpha value is 0.310. The molecule has 0 N–H and O–H groups in total. The van der Waals surface area contributed by atoms with E-state index in [4.69, 9.17) is 0 Å². The zero-order valence-electron chi connectivity index (χ0n) is 12.7. The molecule has 0 spiro atoms. The van der Waals surface area contributed by atoms with Crippen LogP contribution in [0.5, 0.6) is 0 Å². The minimum absolute atomic E-state index is 0. The van der Waals surface area contributed by atoms with Crippen LogP contribution in [0, 0.1) is 11.8 Å². The zero-order chi connectivity index (χ0) is 18.6. The summed E-state index contributed by atoms with van der Waals surface area (Å²) in [5, 5.41) is -6.28. The van der Waals surface area contributed by atoms with E-state index >= 15 is 0 Å². The van der Waals surface area contributed by atoms with Gasteiger partial charge in [-0.05, 0) is 37.5 Å². The minimum Gasteiger partial charge on any atom is -0.262 e. The Morgan fingerprint density at radius 1 is 0.960 bits per heavy atom. The monoisotopic (exact) mass is 415 g/mol. The van der Waals surface area contributed by atoms with Crippen LogP contribution in [0.3, 0.4) is 0 Å². The molecule has 0 saturated heterocycles. The number of ether oxygens (including phenoxy) is 1. The molecule has 0 aliphatic heterocycles. The fourth-order valence-corrected chi connectivity index (χ4v) is 3.96. The van der Waals surface area contributed by atoms with Crippen LogP contribution in [0.15, 0.2) is 0 Å². The summed E-state index contributed by atoms with van der Waals surface area (Å²) < 4.78 is 131. The van der Waals surface area contributed by atoms with Gasteiger partial charge in [-0.25, -0.2) is 13.5 Å². The normalized spacial score (nSPS) is 27.6. The van der Waals surface area contributed by atoms with Gasteiger partial charge < -0.3 is 0 Å². The van der Waals surface area contributed by atoms with Crippen molar-refractivity contribution < 1.29 is 52.5 Å². The SMILES string of the molecule is O=S(=O)(OC1CC2CCC1C2)C(F)(F)C(F)(F)OC(F)(F)C(F)F.[Na]. The Morgan fingerprint density at radius 3 is 1.92 bits per heavy atom. The van der Waals surface area contributed by atoms with Crippen LogP contribution in [-0.2, 0) is 19.0 Å². The van der Waals surface area contributed by atoms with Gasteiger partial charge in [-0.3, -0.25) is 4.18 Å². The van der Waals surface area contributed by atoms with Crippen LogP contribution in [0.25, 0.3) is 0 Å². The maximum Gasteiger partial charge on any atom is 0.460 e. The van der Waals surface area contributed by atoms with E-state index in [0.717, 1.165) is 0 Å². The van der Waals surface area contributed by atoms with E-state index in [0.29, 0.717) is 19.3 Å².